The molecule has 0 spiro atoms. The maximum Gasteiger partial charge on any atom is 0.343 e. The molecule has 0 aliphatic carbocycles. The molecule has 0 aromatic heterocycles. The normalized spacial score (nSPS) is 11.0. The third kappa shape index (κ3) is 3.52. The third-order valence-corrected chi connectivity index (χ3v) is 3.31. The summed E-state index contributed by atoms with van der Waals surface area (Å²) in [5.41, 5.74) is 1.45. The number of esters is 1. The van der Waals surface area contributed by atoms with Crippen LogP contribution in [-0.2, 0) is 5.41 Å². The molecule has 0 aliphatic rings. The Morgan fingerprint density at radius 1 is 0.955 bits per heavy atom. The quantitative estimate of drug-likeness (QED) is 0.689. The van der Waals surface area contributed by atoms with Crippen LogP contribution in [0, 0.1) is 0 Å². The lowest BCUT2D eigenvalue weighted by atomic mass is 9.87. The van der Waals surface area contributed by atoms with Crippen LogP contribution in [0.15, 0.2) is 48.5 Å². The van der Waals surface area contributed by atoms with Gasteiger partial charge in [-0.25, -0.2) is 9.59 Å². The van der Waals surface area contributed by atoms with Crippen LogP contribution in [0.5, 0.6) is 5.75 Å². The van der Waals surface area contributed by atoms with E-state index in [-0.39, 0.29) is 16.7 Å². The van der Waals surface area contributed by atoms with Crippen molar-refractivity contribution in [3.63, 3.8) is 0 Å². The molecule has 1 N–H and O–H groups in total. The Hall–Kier alpha value is -2.62. The highest BCUT2D eigenvalue weighted by molar-refractivity contribution is 5.95. The molecule has 0 fully saturated rings. The van der Waals surface area contributed by atoms with Gasteiger partial charge in [-0.3, -0.25) is 0 Å². The molecule has 2 aromatic carbocycles. The molecule has 0 saturated heterocycles. The Kier molecular flexibility index (Phi) is 4.31. The highest BCUT2D eigenvalue weighted by Crippen LogP contribution is 2.23. The number of carboxylic acids is 1. The summed E-state index contributed by atoms with van der Waals surface area (Å²) < 4.78 is 5.20. The van der Waals surface area contributed by atoms with E-state index >= 15 is 0 Å². The van der Waals surface area contributed by atoms with Gasteiger partial charge in [0.25, 0.3) is 0 Å². The summed E-state index contributed by atoms with van der Waals surface area (Å²) >= 11 is 0. The van der Waals surface area contributed by atoms with E-state index in [4.69, 9.17) is 9.84 Å². The van der Waals surface area contributed by atoms with Crippen LogP contribution >= 0.6 is 0 Å². The topological polar surface area (TPSA) is 63.6 Å². The fourth-order valence-corrected chi connectivity index (χ4v) is 2.00. The van der Waals surface area contributed by atoms with Crippen molar-refractivity contribution in [2.24, 2.45) is 0 Å². The van der Waals surface area contributed by atoms with Crippen LogP contribution in [-0.4, -0.2) is 17.0 Å². The van der Waals surface area contributed by atoms with Gasteiger partial charge in [0.05, 0.1) is 5.56 Å². The number of carboxylic acid groups (broad SMARTS) is 1. The number of carbonyl (C=O) groups is 2. The molecule has 0 heterocycles. The van der Waals surface area contributed by atoms with E-state index in [0.29, 0.717) is 5.56 Å². The zero-order valence-corrected chi connectivity index (χ0v) is 12.8. The lowest BCUT2D eigenvalue weighted by Crippen LogP contribution is -2.14. The lowest BCUT2D eigenvalue weighted by molar-refractivity contribution is 0.0681. The number of hydrogen-bond acceptors (Lipinski definition) is 3. The van der Waals surface area contributed by atoms with Gasteiger partial charge in [0, 0.05) is 0 Å². The Labute approximate surface area is 129 Å². The highest BCUT2D eigenvalue weighted by Gasteiger charge is 2.17. The molecular weight excluding hydrogens is 280 g/mol. The SMILES string of the molecule is CC(C)(C)c1ccc(C(=O)Oc2ccccc2C(=O)O)cc1. The molecule has 0 atom stereocenters. The summed E-state index contributed by atoms with van der Waals surface area (Å²) in [5, 5.41) is 9.08. The average molecular weight is 298 g/mol. The largest absolute Gasteiger partial charge is 0.478 e. The standard InChI is InChI=1S/C18H18O4/c1-18(2,3)13-10-8-12(9-11-13)17(21)22-15-7-5-4-6-14(15)16(19)20/h4-11H,1-3H3,(H,19,20). The maximum atomic E-state index is 12.1. The molecule has 4 heteroatoms. The summed E-state index contributed by atoms with van der Waals surface area (Å²) in [5.74, 6) is -1.67. The maximum absolute atomic E-state index is 12.1. The summed E-state index contributed by atoms with van der Waals surface area (Å²) in [6.45, 7) is 6.26. The van der Waals surface area contributed by atoms with Crippen molar-refractivity contribution in [1.29, 1.82) is 0 Å². The summed E-state index contributed by atoms with van der Waals surface area (Å²) in [4.78, 5) is 23.2. The Balaban J connectivity index is 2.22. The van der Waals surface area contributed by atoms with Crippen molar-refractivity contribution in [2.75, 3.05) is 0 Å². The van der Waals surface area contributed by atoms with Crippen molar-refractivity contribution < 1.29 is 19.4 Å². The van der Waals surface area contributed by atoms with E-state index in [9.17, 15) is 9.59 Å². The molecule has 4 nitrogen and oxygen atoms in total. The molecule has 0 aliphatic heterocycles. The van der Waals surface area contributed by atoms with Crippen molar-refractivity contribution in [3.8, 4) is 5.75 Å². The first kappa shape index (κ1) is 15.8. The van der Waals surface area contributed by atoms with Crippen molar-refractivity contribution >= 4 is 11.9 Å². The van der Waals surface area contributed by atoms with Gasteiger partial charge >= 0.3 is 11.9 Å². The van der Waals surface area contributed by atoms with Gasteiger partial charge in [-0.15, -0.1) is 0 Å². The first-order chi connectivity index (χ1) is 10.3. The highest BCUT2D eigenvalue weighted by atomic mass is 16.5. The smallest absolute Gasteiger partial charge is 0.343 e. The molecule has 2 aromatic rings. The van der Waals surface area contributed by atoms with E-state index in [2.05, 4.69) is 20.8 Å². The van der Waals surface area contributed by atoms with Crippen LogP contribution < -0.4 is 4.74 Å². The molecule has 0 unspecified atom stereocenters. The van der Waals surface area contributed by atoms with E-state index in [0.717, 1.165) is 5.56 Å². The van der Waals surface area contributed by atoms with Crippen molar-refractivity contribution in [3.05, 3.63) is 65.2 Å². The molecule has 0 bridgehead atoms. The monoisotopic (exact) mass is 298 g/mol. The van der Waals surface area contributed by atoms with Gasteiger partial charge in [-0.1, -0.05) is 45.0 Å². The molecule has 0 radical (unpaired) electrons. The van der Waals surface area contributed by atoms with E-state index in [1.54, 1.807) is 24.3 Å². The molecule has 114 valence electrons. The average Bonchev–Trinajstić information content (AvgIpc) is 2.46. The fourth-order valence-electron chi connectivity index (χ4n) is 2.00. The second-order valence-electron chi connectivity index (χ2n) is 6.02. The number of para-hydroxylation sites is 1. The van der Waals surface area contributed by atoms with Crippen LogP contribution in [0.3, 0.4) is 0 Å². The minimum atomic E-state index is -1.13. The summed E-state index contributed by atoms with van der Waals surface area (Å²) in [6, 6.07) is 13.2. The minimum Gasteiger partial charge on any atom is -0.478 e. The van der Waals surface area contributed by atoms with Crippen molar-refractivity contribution in [1.82, 2.24) is 0 Å². The van der Waals surface area contributed by atoms with Gasteiger partial charge in [0.1, 0.15) is 11.3 Å². The Morgan fingerprint density at radius 2 is 1.55 bits per heavy atom. The van der Waals surface area contributed by atoms with E-state index in [1.165, 1.54) is 12.1 Å². The molecule has 22 heavy (non-hydrogen) atoms. The fraction of sp³-hybridized carbons (Fsp3) is 0.222. The second kappa shape index (κ2) is 6.02. The van der Waals surface area contributed by atoms with Gasteiger partial charge < -0.3 is 9.84 Å². The molecule has 2 rings (SSSR count). The van der Waals surface area contributed by atoms with Gasteiger partial charge in [-0.05, 0) is 35.2 Å². The number of hydrogen-bond donors (Lipinski definition) is 1. The zero-order valence-electron chi connectivity index (χ0n) is 12.8. The van der Waals surface area contributed by atoms with Gasteiger partial charge in [-0.2, -0.15) is 0 Å². The summed E-state index contributed by atoms with van der Waals surface area (Å²) in [7, 11) is 0. The minimum absolute atomic E-state index is 0.00164. The van der Waals surface area contributed by atoms with Crippen LogP contribution in [0.1, 0.15) is 47.1 Å². The predicted molar refractivity (Wildman–Crippen MR) is 83.5 cm³/mol. The van der Waals surface area contributed by atoms with Crippen molar-refractivity contribution in [2.45, 2.75) is 26.2 Å². The Morgan fingerprint density at radius 3 is 2.09 bits per heavy atom. The third-order valence-electron chi connectivity index (χ3n) is 3.31. The zero-order chi connectivity index (χ0) is 16.3. The number of carbonyl (C=O) groups excluding carboxylic acids is 1. The Bertz CT molecular complexity index is 694. The van der Waals surface area contributed by atoms with E-state index in [1.807, 2.05) is 12.1 Å². The van der Waals surface area contributed by atoms with Gasteiger partial charge in [0.2, 0.25) is 0 Å². The summed E-state index contributed by atoms with van der Waals surface area (Å²) in [6.07, 6.45) is 0. The number of ether oxygens (including phenoxy) is 1. The van der Waals surface area contributed by atoms with Crippen LogP contribution in [0.2, 0.25) is 0 Å². The second-order valence-corrected chi connectivity index (χ2v) is 6.02. The van der Waals surface area contributed by atoms with Crippen LogP contribution in [0.4, 0.5) is 0 Å². The lowest BCUT2D eigenvalue weighted by Gasteiger charge is -2.19. The number of benzene rings is 2. The molecule has 0 saturated carbocycles. The van der Waals surface area contributed by atoms with E-state index < -0.39 is 11.9 Å². The molecular formula is C18H18O4. The predicted octanol–water partition coefficient (Wildman–Crippen LogP) is 3.90. The first-order valence-corrected chi connectivity index (χ1v) is 6.94. The number of aromatic carboxylic acids is 1. The van der Waals surface area contributed by atoms with Gasteiger partial charge in [0.15, 0.2) is 0 Å². The molecule has 0 amide bonds. The van der Waals surface area contributed by atoms with Crippen LogP contribution in [0.25, 0.3) is 0 Å². The number of rotatable bonds is 3. The first-order valence-electron chi connectivity index (χ1n) is 6.94.